The summed E-state index contributed by atoms with van der Waals surface area (Å²) in [5, 5.41) is 12.8. The molecule has 0 bridgehead atoms. The standard InChI is InChI=1S/C22H28FN3O4S/c1-12(16-7-6-14(8-17(16)23)19-13(2)24-11-31-19)25-20(28)18-9-15(27)10-26(18)21(29)30-22(3,4)5/h6-8,11-12,15,18,27H,9-10H2,1-5H3,(H,25,28)/t12-,15+,18-/m0/s1. The molecule has 2 heterocycles. The maximum Gasteiger partial charge on any atom is 0.411 e. The third kappa shape index (κ3) is 5.40. The van der Waals surface area contributed by atoms with Gasteiger partial charge in [0.15, 0.2) is 0 Å². The molecule has 1 saturated heterocycles. The number of likely N-dealkylation sites (tertiary alicyclic amines) is 1. The second-order valence-electron chi connectivity index (χ2n) is 8.77. The lowest BCUT2D eigenvalue weighted by Gasteiger charge is -2.28. The van der Waals surface area contributed by atoms with Crippen molar-refractivity contribution in [2.24, 2.45) is 0 Å². The van der Waals surface area contributed by atoms with E-state index in [0.717, 1.165) is 16.1 Å². The van der Waals surface area contributed by atoms with Crippen LogP contribution in [-0.4, -0.2) is 51.3 Å². The molecule has 1 aliphatic heterocycles. The zero-order valence-corrected chi connectivity index (χ0v) is 19.1. The van der Waals surface area contributed by atoms with Crippen molar-refractivity contribution in [3.63, 3.8) is 0 Å². The van der Waals surface area contributed by atoms with E-state index >= 15 is 0 Å². The summed E-state index contributed by atoms with van der Waals surface area (Å²) in [6.07, 6.45) is -1.38. The third-order valence-corrected chi connectivity index (χ3v) is 6.02. The normalized spacial score (nSPS) is 19.9. The molecule has 2 amide bonds. The average Bonchev–Trinajstić information content (AvgIpc) is 3.25. The average molecular weight is 450 g/mol. The van der Waals surface area contributed by atoms with Gasteiger partial charge < -0.3 is 15.2 Å². The van der Waals surface area contributed by atoms with E-state index in [9.17, 15) is 19.1 Å². The number of carbonyl (C=O) groups excluding carboxylic acids is 2. The number of hydrogen-bond donors (Lipinski definition) is 2. The van der Waals surface area contributed by atoms with Crippen LogP contribution >= 0.6 is 11.3 Å². The van der Waals surface area contributed by atoms with E-state index < -0.39 is 41.6 Å². The molecule has 1 aromatic carbocycles. The van der Waals surface area contributed by atoms with Crippen molar-refractivity contribution < 1.29 is 23.8 Å². The summed E-state index contributed by atoms with van der Waals surface area (Å²) in [5.74, 6) is -0.898. The molecular formula is C22H28FN3O4S. The van der Waals surface area contributed by atoms with Gasteiger partial charge in [-0.2, -0.15) is 0 Å². The fourth-order valence-corrected chi connectivity index (χ4v) is 4.37. The first-order chi connectivity index (χ1) is 14.5. The first kappa shape index (κ1) is 23.1. The monoisotopic (exact) mass is 449 g/mol. The van der Waals surface area contributed by atoms with Crippen LogP contribution in [0.15, 0.2) is 23.7 Å². The minimum atomic E-state index is -0.880. The highest BCUT2D eigenvalue weighted by Gasteiger charge is 2.41. The summed E-state index contributed by atoms with van der Waals surface area (Å²) in [5.41, 5.74) is 2.89. The number of nitrogens with zero attached hydrogens (tertiary/aromatic N) is 2. The van der Waals surface area contributed by atoms with Gasteiger partial charge in [0.25, 0.3) is 0 Å². The van der Waals surface area contributed by atoms with E-state index in [0.29, 0.717) is 5.56 Å². The Labute approximate surface area is 185 Å². The van der Waals surface area contributed by atoms with Crippen molar-refractivity contribution in [1.29, 1.82) is 0 Å². The summed E-state index contributed by atoms with van der Waals surface area (Å²) < 4.78 is 20.2. The third-order valence-electron chi connectivity index (χ3n) is 5.04. The first-order valence-electron chi connectivity index (χ1n) is 10.1. The molecule has 0 spiro atoms. The van der Waals surface area contributed by atoms with Gasteiger partial charge in [0.05, 0.1) is 34.8 Å². The zero-order chi connectivity index (χ0) is 22.9. The summed E-state index contributed by atoms with van der Waals surface area (Å²) in [4.78, 5) is 31.6. The molecule has 2 aromatic rings. The van der Waals surface area contributed by atoms with E-state index in [2.05, 4.69) is 10.3 Å². The van der Waals surface area contributed by atoms with Crippen LogP contribution < -0.4 is 5.32 Å². The number of nitrogens with one attached hydrogen (secondary N) is 1. The molecule has 0 saturated carbocycles. The molecule has 168 valence electrons. The predicted molar refractivity (Wildman–Crippen MR) is 116 cm³/mol. The second kappa shape index (κ2) is 8.92. The highest BCUT2D eigenvalue weighted by molar-refractivity contribution is 7.13. The Morgan fingerprint density at radius 1 is 1.39 bits per heavy atom. The molecule has 9 heteroatoms. The molecule has 2 N–H and O–H groups in total. The van der Waals surface area contributed by atoms with Gasteiger partial charge in [-0.15, -0.1) is 11.3 Å². The van der Waals surface area contributed by atoms with Crippen molar-refractivity contribution in [1.82, 2.24) is 15.2 Å². The molecule has 31 heavy (non-hydrogen) atoms. The number of rotatable bonds is 4. The highest BCUT2D eigenvalue weighted by atomic mass is 32.1. The van der Waals surface area contributed by atoms with Crippen LogP contribution in [0.3, 0.4) is 0 Å². The largest absolute Gasteiger partial charge is 0.444 e. The lowest BCUT2D eigenvalue weighted by molar-refractivity contribution is -0.126. The highest BCUT2D eigenvalue weighted by Crippen LogP contribution is 2.30. The van der Waals surface area contributed by atoms with Crippen molar-refractivity contribution in [2.75, 3.05) is 6.54 Å². The quantitative estimate of drug-likeness (QED) is 0.741. The van der Waals surface area contributed by atoms with E-state index in [1.807, 2.05) is 6.92 Å². The number of β-amino-alcohol motifs (C(OH)–C–C–N with tert-alkyl or cyclic N) is 1. The smallest absolute Gasteiger partial charge is 0.411 e. The number of aliphatic hydroxyl groups is 1. The molecule has 3 rings (SSSR count). The van der Waals surface area contributed by atoms with E-state index in [1.165, 1.54) is 22.3 Å². The van der Waals surface area contributed by atoms with Crippen molar-refractivity contribution in [3.8, 4) is 10.4 Å². The van der Waals surface area contributed by atoms with Crippen LogP contribution in [0.4, 0.5) is 9.18 Å². The predicted octanol–water partition coefficient (Wildman–Crippen LogP) is 3.81. The summed E-state index contributed by atoms with van der Waals surface area (Å²) in [7, 11) is 0. The molecule has 0 radical (unpaired) electrons. The Kier molecular flexibility index (Phi) is 6.66. The number of hydrogen-bond acceptors (Lipinski definition) is 6. The Morgan fingerprint density at radius 3 is 2.68 bits per heavy atom. The minimum Gasteiger partial charge on any atom is -0.444 e. The van der Waals surface area contributed by atoms with Gasteiger partial charge in [-0.3, -0.25) is 9.69 Å². The van der Waals surface area contributed by atoms with Crippen molar-refractivity contribution in [2.45, 2.75) is 64.8 Å². The maximum atomic E-state index is 14.8. The van der Waals surface area contributed by atoms with Crippen LogP contribution in [0.1, 0.15) is 51.4 Å². The molecule has 7 nitrogen and oxygen atoms in total. The van der Waals surface area contributed by atoms with E-state index in [1.54, 1.807) is 45.3 Å². The molecule has 0 aliphatic carbocycles. The van der Waals surface area contributed by atoms with Gasteiger partial charge in [0.2, 0.25) is 5.91 Å². The van der Waals surface area contributed by atoms with Gasteiger partial charge >= 0.3 is 6.09 Å². The number of halogens is 1. The number of carbonyl (C=O) groups is 2. The Morgan fingerprint density at radius 2 is 2.10 bits per heavy atom. The molecule has 1 aliphatic rings. The van der Waals surface area contributed by atoms with Gasteiger partial charge in [-0.1, -0.05) is 12.1 Å². The number of aryl methyl sites for hydroxylation is 1. The van der Waals surface area contributed by atoms with E-state index in [-0.39, 0.29) is 13.0 Å². The van der Waals surface area contributed by atoms with Gasteiger partial charge in [-0.25, -0.2) is 14.2 Å². The van der Waals surface area contributed by atoms with Gasteiger partial charge in [0, 0.05) is 12.0 Å². The lowest BCUT2D eigenvalue weighted by atomic mass is 10.0. The first-order valence-corrected chi connectivity index (χ1v) is 11.0. The van der Waals surface area contributed by atoms with Crippen LogP contribution in [0.25, 0.3) is 10.4 Å². The lowest BCUT2D eigenvalue weighted by Crippen LogP contribution is -2.48. The number of aliphatic hydroxyl groups excluding tert-OH is 1. The molecule has 3 atom stereocenters. The van der Waals surface area contributed by atoms with Crippen LogP contribution in [-0.2, 0) is 9.53 Å². The Bertz CT molecular complexity index is 972. The number of thiazole rings is 1. The van der Waals surface area contributed by atoms with Crippen LogP contribution in [0.2, 0.25) is 0 Å². The molecular weight excluding hydrogens is 421 g/mol. The summed E-state index contributed by atoms with van der Waals surface area (Å²) in [6.45, 7) is 8.75. The number of ether oxygens (including phenoxy) is 1. The fourth-order valence-electron chi connectivity index (χ4n) is 3.57. The van der Waals surface area contributed by atoms with Crippen molar-refractivity contribution in [3.05, 3.63) is 40.8 Å². The number of aromatic nitrogens is 1. The van der Waals surface area contributed by atoms with Crippen LogP contribution in [0.5, 0.6) is 0 Å². The number of amides is 2. The Hall–Kier alpha value is -2.52. The topological polar surface area (TPSA) is 91.8 Å². The zero-order valence-electron chi connectivity index (χ0n) is 18.3. The SMILES string of the molecule is Cc1ncsc1-c1ccc([C@H](C)NC(=O)[C@@H]2C[C@@H](O)CN2C(=O)OC(C)(C)C)c(F)c1. The van der Waals surface area contributed by atoms with Gasteiger partial charge in [-0.05, 0) is 46.2 Å². The Balaban J connectivity index is 1.72. The summed E-state index contributed by atoms with van der Waals surface area (Å²) in [6, 6.07) is 3.37. The number of benzene rings is 1. The minimum absolute atomic E-state index is 0.0125. The second-order valence-corrected chi connectivity index (χ2v) is 9.63. The maximum absolute atomic E-state index is 14.8. The molecule has 1 aromatic heterocycles. The fraction of sp³-hybridized carbons (Fsp3) is 0.500. The van der Waals surface area contributed by atoms with Crippen LogP contribution in [0, 0.1) is 12.7 Å². The summed E-state index contributed by atoms with van der Waals surface area (Å²) >= 11 is 1.44. The van der Waals surface area contributed by atoms with E-state index in [4.69, 9.17) is 4.74 Å². The molecule has 0 unspecified atom stereocenters. The van der Waals surface area contributed by atoms with Crippen molar-refractivity contribution >= 4 is 23.3 Å². The molecule has 1 fully saturated rings. The van der Waals surface area contributed by atoms with Gasteiger partial charge in [0.1, 0.15) is 17.5 Å².